The second-order valence-electron chi connectivity index (χ2n) is 4.27. The summed E-state index contributed by atoms with van der Waals surface area (Å²) in [4.78, 5) is 23.6. The molecular formula is C12H18O5. The number of hydrogen-bond donors (Lipinski definition) is 1. The molecule has 1 aliphatic rings. The molecule has 5 heteroatoms. The molecule has 5 nitrogen and oxygen atoms in total. The lowest BCUT2D eigenvalue weighted by Crippen LogP contribution is -2.47. The Morgan fingerprint density at radius 3 is 2.29 bits per heavy atom. The van der Waals surface area contributed by atoms with Crippen molar-refractivity contribution in [2.24, 2.45) is 11.3 Å². The van der Waals surface area contributed by atoms with Gasteiger partial charge in [0.2, 0.25) is 0 Å². The van der Waals surface area contributed by atoms with Crippen molar-refractivity contribution in [2.45, 2.75) is 25.4 Å². The van der Waals surface area contributed by atoms with E-state index in [1.54, 1.807) is 6.08 Å². The molecule has 2 atom stereocenters. The van der Waals surface area contributed by atoms with E-state index in [2.05, 4.69) is 16.1 Å². The van der Waals surface area contributed by atoms with E-state index in [1.807, 2.05) is 0 Å². The van der Waals surface area contributed by atoms with Crippen LogP contribution in [-0.2, 0) is 19.1 Å². The molecule has 0 aromatic carbocycles. The quantitative estimate of drug-likeness (QED) is 0.447. The predicted molar refractivity (Wildman–Crippen MR) is 60.0 cm³/mol. The van der Waals surface area contributed by atoms with Crippen LogP contribution in [0.2, 0.25) is 0 Å². The van der Waals surface area contributed by atoms with Crippen LogP contribution in [0.3, 0.4) is 0 Å². The van der Waals surface area contributed by atoms with Gasteiger partial charge in [0.05, 0.1) is 20.3 Å². The van der Waals surface area contributed by atoms with Crippen molar-refractivity contribution in [1.29, 1.82) is 0 Å². The average Bonchev–Trinajstić information content (AvgIpc) is 2.37. The van der Waals surface area contributed by atoms with Crippen molar-refractivity contribution in [3.05, 3.63) is 12.7 Å². The Kier molecular flexibility index (Phi) is 4.28. The van der Waals surface area contributed by atoms with Gasteiger partial charge in [-0.2, -0.15) is 0 Å². The molecule has 0 aromatic rings. The van der Waals surface area contributed by atoms with E-state index in [9.17, 15) is 14.7 Å². The molecule has 1 saturated carbocycles. The fraction of sp³-hybridized carbons (Fsp3) is 0.667. The summed E-state index contributed by atoms with van der Waals surface area (Å²) in [6.07, 6.45) is 1.75. The number of esters is 2. The summed E-state index contributed by atoms with van der Waals surface area (Å²) in [5, 5.41) is 9.73. The first-order valence-electron chi connectivity index (χ1n) is 5.49. The molecule has 1 aliphatic carbocycles. The van der Waals surface area contributed by atoms with Crippen molar-refractivity contribution in [2.75, 3.05) is 14.2 Å². The van der Waals surface area contributed by atoms with Gasteiger partial charge in [-0.25, -0.2) is 0 Å². The van der Waals surface area contributed by atoms with E-state index in [0.717, 1.165) is 0 Å². The zero-order valence-electron chi connectivity index (χ0n) is 10.1. The standard InChI is InChI=1S/C12H18O5/c1-4-8-7-12(10(14)16-2,11(15)17-3)6-5-9(8)13/h4,8-9,13H,1,5-7H2,2-3H3/t8-,9+/m1/s1. The fourth-order valence-electron chi connectivity index (χ4n) is 2.33. The number of methoxy groups -OCH3 is 2. The van der Waals surface area contributed by atoms with Gasteiger partial charge >= 0.3 is 11.9 Å². The number of carbonyl (C=O) groups is 2. The molecule has 0 aromatic heterocycles. The second-order valence-corrected chi connectivity index (χ2v) is 4.27. The zero-order chi connectivity index (χ0) is 13.1. The van der Waals surface area contributed by atoms with E-state index >= 15 is 0 Å². The van der Waals surface area contributed by atoms with Crippen molar-refractivity contribution >= 4 is 11.9 Å². The van der Waals surface area contributed by atoms with Crippen LogP contribution in [0.5, 0.6) is 0 Å². The van der Waals surface area contributed by atoms with Crippen LogP contribution in [0.4, 0.5) is 0 Å². The number of hydrogen-bond acceptors (Lipinski definition) is 5. The highest BCUT2D eigenvalue weighted by molar-refractivity contribution is 6.00. The number of aliphatic hydroxyl groups excluding tert-OH is 1. The summed E-state index contributed by atoms with van der Waals surface area (Å²) < 4.78 is 9.38. The van der Waals surface area contributed by atoms with Gasteiger partial charge in [0.25, 0.3) is 0 Å². The highest BCUT2D eigenvalue weighted by Crippen LogP contribution is 2.42. The molecule has 0 bridgehead atoms. The predicted octanol–water partition coefficient (Wildman–Crippen LogP) is 0.666. The topological polar surface area (TPSA) is 72.8 Å². The average molecular weight is 242 g/mol. The van der Waals surface area contributed by atoms with Crippen LogP contribution in [0.1, 0.15) is 19.3 Å². The Hall–Kier alpha value is -1.36. The minimum Gasteiger partial charge on any atom is -0.468 e. The Morgan fingerprint density at radius 1 is 1.35 bits per heavy atom. The fourth-order valence-corrected chi connectivity index (χ4v) is 2.33. The molecule has 1 N–H and O–H groups in total. The Labute approximate surface area is 100 Å². The highest BCUT2D eigenvalue weighted by Gasteiger charge is 2.52. The summed E-state index contributed by atoms with van der Waals surface area (Å²) in [6, 6.07) is 0. The lowest BCUT2D eigenvalue weighted by atomic mass is 9.68. The zero-order valence-corrected chi connectivity index (χ0v) is 10.1. The van der Waals surface area contributed by atoms with Crippen molar-refractivity contribution in [3.63, 3.8) is 0 Å². The van der Waals surface area contributed by atoms with Gasteiger partial charge in [0.15, 0.2) is 5.41 Å². The molecule has 0 amide bonds. The SMILES string of the molecule is C=C[C@@H]1CC(C(=O)OC)(C(=O)OC)CC[C@@H]1O. The minimum absolute atomic E-state index is 0.178. The first kappa shape index (κ1) is 13.7. The molecule has 0 heterocycles. The molecule has 0 spiro atoms. The van der Waals surface area contributed by atoms with E-state index in [-0.39, 0.29) is 18.8 Å². The lowest BCUT2D eigenvalue weighted by Gasteiger charge is -2.37. The molecule has 0 saturated heterocycles. The molecule has 0 unspecified atom stereocenters. The van der Waals surface area contributed by atoms with Crippen molar-refractivity contribution < 1.29 is 24.2 Å². The van der Waals surface area contributed by atoms with Crippen LogP contribution in [0.15, 0.2) is 12.7 Å². The normalized spacial score (nSPS) is 27.0. The summed E-state index contributed by atoms with van der Waals surface area (Å²) in [6.45, 7) is 3.61. The second kappa shape index (κ2) is 5.31. The van der Waals surface area contributed by atoms with Gasteiger partial charge < -0.3 is 14.6 Å². The van der Waals surface area contributed by atoms with E-state index in [1.165, 1.54) is 14.2 Å². The summed E-state index contributed by atoms with van der Waals surface area (Å²) in [7, 11) is 2.47. The Bertz CT molecular complexity index is 307. The lowest BCUT2D eigenvalue weighted by molar-refractivity contribution is -0.174. The van der Waals surface area contributed by atoms with Crippen LogP contribution < -0.4 is 0 Å². The molecular weight excluding hydrogens is 224 g/mol. The van der Waals surface area contributed by atoms with Gasteiger partial charge in [0, 0.05) is 5.92 Å². The third-order valence-corrected chi connectivity index (χ3v) is 3.40. The molecule has 96 valence electrons. The summed E-state index contributed by atoms with van der Waals surface area (Å²) in [5.74, 6) is -1.52. The maximum Gasteiger partial charge on any atom is 0.323 e. The largest absolute Gasteiger partial charge is 0.468 e. The van der Waals surface area contributed by atoms with Gasteiger partial charge in [-0.3, -0.25) is 9.59 Å². The van der Waals surface area contributed by atoms with Gasteiger partial charge in [-0.1, -0.05) is 6.08 Å². The van der Waals surface area contributed by atoms with Crippen molar-refractivity contribution in [1.82, 2.24) is 0 Å². The third kappa shape index (κ3) is 2.34. The monoisotopic (exact) mass is 242 g/mol. The molecule has 0 radical (unpaired) electrons. The maximum atomic E-state index is 11.8. The molecule has 0 aliphatic heterocycles. The van der Waals surface area contributed by atoms with Crippen LogP contribution in [0, 0.1) is 11.3 Å². The number of carbonyl (C=O) groups excluding carboxylic acids is 2. The Balaban J connectivity index is 3.04. The molecule has 1 rings (SSSR count). The van der Waals surface area contributed by atoms with E-state index in [4.69, 9.17) is 0 Å². The van der Waals surface area contributed by atoms with E-state index in [0.29, 0.717) is 6.42 Å². The maximum absolute atomic E-state index is 11.8. The van der Waals surface area contributed by atoms with Gasteiger partial charge in [0.1, 0.15) is 0 Å². The number of aliphatic hydroxyl groups is 1. The molecule has 1 fully saturated rings. The van der Waals surface area contributed by atoms with Gasteiger partial charge in [-0.05, 0) is 19.3 Å². The smallest absolute Gasteiger partial charge is 0.323 e. The van der Waals surface area contributed by atoms with Crippen molar-refractivity contribution in [3.8, 4) is 0 Å². The molecule has 17 heavy (non-hydrogen) atoms. The third-order valence-electron chi connectivity index (χ3n) is 3.40. The minimum atomic E-state index is -1.30. The van der Waals surface area contributed by atoms with E-state index < -0.39 is 23.5 Å². The van der Waals surface area contributed by atoms with Crippen LogP contribution in [0.25, 0.3) is 0 Å². The van der Waals surface area contributed by atoms with Crippen LogP contribution in [-0.4, -0.2) is 37.4 Å². The summed E-state index contributed by atoms with van der Waals surface area (Å²) >= 11 is 0. The number of ether oxygens (including phenoxy) is 2. The van der Waals surface area contributed by atoms with Gasteiger partial charge in [-0.15, -0.1) is 6.58 Å². The summed E-state index contributed by atoms with van der Waals surface area (Å²) in [5.41, 5.74) is -1.30. The highest BCUT2D eigenvalue weighted by atomic mass is 16.5. The van der Waals surface area contributed by atoms with Crippen LogP contribution >= 0.6 is 0 Å². The first-order chi connectivity index (χ1) is 8.01. The number of rotatable bonds is 3. The first-order valence-corrected chi connectivity index (χ1v) is 5.49. The Morgan fingerprint density at radius 2 is 1.88 bits per heavy atom.